The number of hydrogen-bond acceptors (Lipinski definition) is 3. The second kappa shape index (κ2) is 6.58. The molecular weight excluding hydrogens is 234 g/mol. The van der Waals surface area contributed by atoms with Gasteiger partial charge in [0.05, 0.1) is 6.54 Å². The highest BCUT2D eigenvalue weighted by molar-refractivity contribution is 5.96. The fourth-order valence-corrected chi connectivity index (χ4v) is 1.41. The van der Waals surface area contributed by atoms with E-state index in [9.17, 15) is 14.4 Å². The lowest BCUT2D eigenvalue weighted by molar-refractivity contribution is -0.121. The highest BCUT2D eigenvalue weighted by Crippen LogP contribution is 1.99. The molecule has 2 amide bonds. The summed E-state index contributed by atoms with van der Waals surface area (Å²) in [7, 11) is 1.52. The third-order valence-corrected chi connectivity index (χ3v) is 2.32. The summed E-state index contributed by atoms with van der Waals surface area (Å²) in [6.45, 7) is 2.52. The van der Waals surface area contributed by atoms with E-state index < -0.39 is 0 Å². The lowest BCUT2D eigenvalue weighted by Crippen LogP contribution is -2.38. The van der Waals surface area contributed by atoms with Gasteiger partial charge in [-0.3, -0.25) is 14.4 Å². The maximum absolute atomic E-state index is 11.9. The molecule has 0 atom stereocenters. The van der Waals surface area contributed by atoms with Crippen LogP contribution in [-0.2, 0) is 4.79 Å². The Bertz CT molecular complexity index is 481. The van der Waals surface area contributed by atoms with E-state index in [2.05, 4.69) is 10.3 Å². The zero-order valence-electron chi connectivity index (χ0n) is 10.5. The van der Waals surface area contributed by atoms with Crippen LogP contribution in [0.25, 0.3) is 0 Å². The summed E-state index contributed by atoms with van der Waals surface area (Å²) in [5.74, 6) is -0.565. The first-order chi connectivity index (χ1) is 8.54. The van der Waals surface area contributed by atoms with Gasteiger partial charge < -0.3 is 15.2 Å². The van der Waals surface area contributed by atoms with Crippen LogP contribution in [0.3, 0.4) is 0 Å². The average molecular weight is 251 g/mol. The summed E-state index contributed by atoms with van der Waals surface area (Å²) < 4.78 is 0. The minimum Gasteiger partial charge on any atom is -0.355 e. The Hall–Kier alpha value is -2.11. The molecule has 1 rings (SSSR count). The molecule has 0 radical (unpaired) electrons. The molecule has 0 aliphatic carbocycles. The van der Waals surface area contributed by atoms with Crippen LogP contribution in [0, 0.1) is 0 Å². The van der Waals surface area contributed by atoms with E-state index in [1.165, 1.54) is 30.3 Å². The number of rotatable bonds is 5. The number of aromatic nitrogens is 1. The first-order valence-corrected chi connectivity index (χ1v) is 5.75. The fraction of sp³-hybridized carbons (Fsp3) is 0.417. The Morgan fingerprint density at radius 1 is 1.44 bits per heavy atom. The first-order valence-electron chi connectivity index (χ1n) is 5.75. The zero-order valence-corrected chi connectivity index (χ0v) is 10.5. The van der Waals surface area contributed by atoms with Crippen LogP contribution in [0.1, 0.15) is 23.7 Å². The Morgan fingerprint density at radius 3 is 2.78 bits per heavy atom. The summed E-state index contributed by atoms with van der Waals surface area (Å²) in [5.41, 5.74) is -0.0748. The van der Waals surface area contributed by atoms with Crippen molar-refractivity contribution in [3.63, 3.8) is 0 Å². The summed E-state index contributed by atoms with van der Waals surface area (Å²) in [4.78, 5) is 38.1. The van der Waals surface area contributed by atoms with Crippen LogP contribution in [0.2, 0.25) is 0 Å². The van der Waals surface area contributed by atoms with Gasteiger partial charge >= 0.3 is 0 Å². The molecule has 1 heterocycles. The quantitative estimate of drug-likeness (QED) is 0.771. The molecule has 0 aromatic carbocycles. The number of pyridine rings is 1. The van der Waals surface area contributed by atoms with Gasteiger partial charge in [0, 0.05) is 31.4 Å². The smallest absolute Gasteiger partial charge is 0.254 e. The van der Waals surface area contributed by atoms with E-state index >= 15 is 0 Å². The van der Waals surface area contributed by atoms with Crippen LogP contribution in [0.4, 0.5) is 0 Å². The molecule has 0 bridgehead atoms. The van der Waals surface area contributed by atoms with Crippen LogP contribution in [-0.4, -0.2) is 41.8 Å². The zero-order chi connectivity index (χ0) is 13.5. The molecule has 1 aromatic rings. The molecule has 18 heavy (non-hydrogen) atoms. The van der Waals surface area contributed by atoms with Gasteiger partial charge in [0.25, 0.3) is 5.91 Å². The molecule has 0 spiro atoms. The molecule has 0 aliphatic rings. The standard InChI is InChI=1S/C12H17N3O3/c1-3-5-13-11(17)8-15(2)12(18)9-4-6-14-10(16)7-9/h4,6-7H,3,5,8H2,1-2H3,(H,13,17)(H,14,16). The number of nitrogens with zero attached hydrogens (tertiary/aromatic N) is 1. The minimum atomic E-state index is -0.354. The monoisotopic (exact) mass is 251 g/mol. The summed E-state index contributed by atoms with van der Waals surface area (Å²) in [6.07, 6.45) is 2.25. The molecule has 6 heteroatoms. The van der Waals surface area contributed by atoms with Gasteiger partial charge in [-0.15, -0.1) is 0 Å². The van der Waals surface area contributed by atoms with E-state index in [1.807, 2.05) is 6.92 Å². The van der Waals surface area contributed by atoms with Gasteiger partial charge in [-0.1, -0.05) is 6.92 Å². The van der Waals surface area contributed by atoms with Crippen molar-refractivity contribution in [2.75, 3.05) is 20.1 Å². The number of hydrogen-bond donors (Lipinski definition) is 2. The van der Waals surface area contributed by atoms with Gasteiger partial charge in [-0.05, 0) is 12.5 Å². The predicted octanol–water partition coefficient (Wildman–Crippen LogP) is -0.0269. The highest BCUT2D eigenvalue weighted by atomic mass is 16.2. The Balaban J connectivity index is 2.61. The number of carbonyl (C=O) groups excluding carboxylic acids is 2. The summed E-state index contributed by atoms with van der Waals surface area (Å²) >= 11 is 0. The van der Waals surface area contributed by atoms with Crippen LogP contribution in [0.15, 0.2) is 23.1 Å². The second-order valence-corrected chi connectivity index (χ2v) is 3.95. The molecule has 0 saturated carbocycles. The largest absolute Gasteiger partial charge is 0.355 e. The highest BCUT2D eigenvalue weighted by Gasteiger charge is 2.14. The maximum Gasteiger partial charge on any atom is 0.254 e. The van der Waals surface area contributed by atoms with Crippen molar-refractivity contribution in [3.8, 4) is 0 Å². The summed E-state index contributed by atoms with van der Waals surface area (Å²) in [6, 6.07) is 2.72. The molecule has 98 valence electrons. The SMILES string of the molecule is CCCNC(=O)CN(C)C(=O)c1cc[nH]c(=O)c1. The Kier molecular flexibility index (Phi) is 5.10. The van der Waals surface area contributed by atoms with Crippen molar-refractivity contribution in [2.45, 2.75) is 13.3 Å². The van der Waals surface area contributed by atoms with Gasteiger partial charge in [0.15, 0.2) is 0 Å². The van der Waals surface area contributed by atoms with E-state index in [-0.39, 0.29) is 29.5 Å². The third-order valence-electron chi connectivity index (χ3n) is 2.32. The van der Waals surface area contributed by atoms with Gasteiger partial charge in [0.2, 0.25) is 11.5 Å². The average Bonchev–Trinajstić information content (AvgIpc) is 2.35. The van der Waals surface area contributed by atoms with Crippen molar-refractivity contribution in [1.29, 1.82) is 0 Å². The minimum absolute atomic E-state index is 0.0222. The van der Waals surface area contributed by atoms with E-state index in [4.69, 9.17) is 0 Å². The van der Waals surface area contributed by atoms with E-state index in [0.717, 1.165) is 6.42 Å². The Morgan fingerprint density at radius 2 is 2.17 bits per heavy atom. The van der Waals surface area contributed by atoms with Gasteiger partial charge in [-0.25, -0.2) is 0 Å². The molecule has 0 unspecified atom stereocenters. The topological polar surface area (TPSA) is 82.3 Å². The van der Waals surface area contributed by atoms with Crippen molar-refractivity contribution in [1.82, 2.24) is 15.2 Å². The Labute approximate surface area is 105 Å². The molecule has 0 aliphatic heterocycles. The lowest BCUT2D eigenvalue weighted by atomic mass is 10.2. The number of nitrogens with one attached hydrogen (secondary N) is 2. The van der Waals surface area contributed by atoms with Crippen LogP contribution in [0.5, 0.6) is 0 Å². The molecule has 6 nitrogen and oxygen atoms in total. The predicted molar refractivity (Wildman–Crippen MR) is 67.3 cm³/mol. The van der Waals surface area contributed by atoms with E-state index in [1.54, 1.807) is 0 Å². The maximum atomic E-state index is 11.9. The molecule has 1 aromatic heterocycles. The van der Waals surface area contributed by atoms with Crippen LogP contribution >= 0.6 is 0 Å². The number of amides is 2. The first kappa shape index (κ1) is 14.0. The van der Waals surface area contributed by atoms with E-state index in [0.29, 0.717) is 6.54 Å². The van der Waals surface area contributed by atoms with Crippen molar-refractivity contribution < 1.29 is 9.59 Å². The summed E-state index contributed by atoms with van der Waals surface area (Å²) in [5, 5.41) is 2.68. The molecule has 0 saturated heterocycles. The van der Waals surface area contributed by atoms with Gasteiger partial charge in [0.1, 0.15) is 0 Å². The van der Waals surface area contributed by atoms with Crippen LogP contribution < -0.4 is 10.9 Å². The number of likely N-dealkylation sites (N-methyl/N-ethyl adjacent to an activating group) is 1. The number of carbonyl (C=O) groups is 2. The number of aromatic amines is 1. The normalized spacial score (nSPS) is 9.89. The molecular formula is C12H17N3O3. The fourth-order valence-electron chi connectivity index (χ4n) is 1.41. The molecule has 2 N–H and O–H groups in total. The van der Waals surface area contributed by atoms with Crippen molar-refractivity contribution in [2.24, 2.45) is 0 Å². The number of H-pyrrole nitrogens is 1. The lowest BCUT2D eigenvalue weighted by Gasteiger charge is -2.16. The van der Waals surface area contributed by atoms with Crippen molar-refractivity contribution in [3.05, 3.63) is 34.2 Å². The second-order valence-electron chi connectivity index (χ2n) is 3.95. The third kappa shape index (κ3) is 4.04. The van der Waals surface area contributed by atoms with Gasteiger partial charge in [-0.2, -0.15) is 0 Å². The molecule has 0 fully saturated rings. The van der Waals surface area contributed by atoms with Crippen molar-refractivity contribution >= 4 is 11.8 Å².